The third kappa shape index (κ3) is 4.78. The number of aryl methyl sites for hydroxylation is 1. The second-order valence-corrected chi connectivity index (χ2v) is 7.84. The maximum absolute atomic E-state index is 12.5. The molecule has 0 bridgehead atoms. The Morgan fingerprint density at radius 3 is 2.81 bits per heavy atom. The number of halogens is 2. The molecule has 2 heterocycles. The van der Waals surface area contributed by atoms with Crippen molar-refractivity contribution in [2.24, 2.45) is 5.92 Å². The van der Waals surface area contributed by atoms with Gasteiger partial charge in [0.15, 0.2) is 0 Å². The molecule has 3 aromatic rings. The fourth-order valence-corrected chi connectivity index (χ4v) is 3.29. The number of aromatic nitrogens is 4. The Kier molecular flexibility index (Phi) is 6.01. The third-order valence-electron chi connectivity index (χ3n) is 4.32. The topological polar surface area (TPSA) is 64.7 Å². The monoisotopic (exact) mass is 449 g/mol. The highest BCUT2D eigenvalue weighted by atomic mass is 79.9. The first-order valence-electron chi connectivity index (χ1n) is 8.60. The fourth-order valence-electron chi connectivity index (χ4n) is 2.80. The maximum Gasteiger partial charge on any atom is 0.229 e. The molecule has 0 aliphatic rings. The molecule has 142 valence electrons. The van der Waals surface area contributed by atoms with Crippen molar-refractivity contribution in [1.82, 2.24) is 19.6 Å². The number of carbonyl (C=O) groups excluding carboxylic acids is 1. The van der Waals surface area contributed by atoms with Crippen molar-refractivity contribution in [3.63, 3.8) is 0 Å². The van der Waals surface area contributed by atoms with Crippen molar-refractivity contribution in [3.8, 4) is 0 Å². The largest absolute Gasteiger partial charge is 0.323 e. The van der Waals surface area contributed by atoms with E-state index >= 15 is 0 Å². The van der Waals surface area contributed by atoms with Crippen LogP contribution in [0.3, 0.4) is 0 Å². The van der Waals surface area contributed by atoms with Crippen LogP contribution in [0.25, 0.3) is 0 Å². The van der Waals surface area contributed by atoms with E-state index in [1.165, 1.54) is 0 Å². The van der Waals surface area contributed by atoms with Crippen LogP contribution in [0, 0.1) is 19.8 Å². The van der Waals surface area contributed by atoms with Crippen LogP contribution in [0.1, 0.15) is 23.9 Å². The Morgan fingerprint density at radius 2 is 2.15 bits per heavy atom. The average molecular weight is 451 g/mol. The molecule has 0 radical (unpaired) electrons. The van der Waals surface area contributed by atoms with Gasteiger partial charge in [0.1, 0.15) is 0 Å². The Labute approximate surface area is 171 Å². The lowest BCUT2D eigenvalue weighted by Crippen LogP contribution is -2.25. The van der Waals surface area contributed by atoms with Gasteiger partial charge in [0.2, 0.25) is 5.91 Å². The van der Waals surface area contributed by atoms with Gasteiger partial charge in [-0.15, -0.1) is 0 Å². The predicted molar refractivity (Wildman–Crippen MR) is 110 cm³/mol. The molecule has 0 saturated heterocycles. The second kappa shape index (κ2) is 8.27. The lowest BCUT2D eigenvalue weighted by Gasteiger charge is -2.12. The number of amides is 1. The van der Waals surface area contributed by atoms with E-state index in [4.69, 9.17) is 11.6 Å². The number of nitrogens with zero attached hydrogens (tertiary/aromatic N) is 4. The number of anilines is 1. The van der Waals surface area contributed by atoms with Gasteiger partial charge in [-0.2, -0.15) is 10.2 Å². The molecule has 1 aromatic carbocycles. The van der Waals surface area contributed by atoms with Crippen LogP contribution in [-0.4, -0.2) is 25.5 Å². The summed E-state index contributed by atoms with van der Waals surface area (Å²) < 4.78 is 4.61. The summed E-state index contributed by atoms with van der Waals surface area (Å²) in [5.41, 5.74) is 3.65. The van der Waals surface area contributed by atoms with Gasteiger partial charge in [0, 0.05) is 16.9 Å². The molecule has 2 aromatic heterocycles. The number of hydrogen-bond donors (Lipinski definition) is 1. The van der Waals surface area contributed by atoms with Crippen molar-refractivity contribution in [3.05, 3.63) is 63.1 Å². The standard InChI is InChI=1S/C19H21BrClN5O/c1-12(9-26-14(3)18(20)13(2)24-26)19(27)23-17-8-22-25(11-17)10-15-5-4-6-16(21)7-15/h4-8,11-12H,9-10H2,1-3H3,(H,23,27). The van der Waals surface area contributed by atoms with Crippen molar-refractivity contribution in [1.29, 1.82) is 0 Å². The molecular formula is C19H21BrClN5O. The first-order chi connectivity index (χ1) is 12.8. The number of nitrogens with one attached hydrogen (secondary N) is 1. The fraction of sp³-hybridized carbons (Fsp3) is 0.316. The zero-order valence-corrected chi connectivity index (χ0v) is 17.8. The summed E-state index contributed by atoms with van der Waals surface area (Å²) in [6.07, 6.45) is 3.46. The van der Waals surface area contributed by atoms with Crippen molar-refractivity contribution < 1.29 is 4.79 Å². The molecule has 27 heavy (non-hydrogen) atoms. The van der Waals surface area contributed by atoms with Crippen LogP contribution in [0.4, 0.5) is 5.69 Å². The molecular weight excluding hydrogens is 430 g/mol. The van der Waals surface area contributed by atoms with Gasteiger partial charge in [-0.05, 0) is 47.5 Å². The first-order valence-corrected chi connectivity index (χ1v) is 9.78. The average Bonchev–Trinajstić information content (AvgIpc) is 3.15. The summed E-state index contributed by atoms with van der Waals surface area (Å²) in [5, 5.41) is 12.4. The van der Waals surface area contributed by atoms with Gasteiger partial charge < -0.3 is 5.32 Å². The van der Waals surface area contributed by atoms with Gasteiger partial charge in [0.25, 0.3) is 0 Å². The van der Waals surface area contributed by atoms with Crippen LogP contribution >= 0.6 is 27.5 Å². The normalized spacial score (nSPS) is 12.2. The maximum atomic E-state index is 12.5. The van der Waals surface area contributed by atoms with E-state index in [0.717, 1.165) is 21.4 Å². The molecule has 3 rings (SSSR count). The van der Waals surface area contributed by atoms with E-state index in [2.05, 4.69) is 31.4 Å². The molecule has 0 aliphatic carbocycles. The molecule has 1 amide bonds. The Hall–Kier alpha value is -2.12. The van der Waals surface area contributed by atoms with Gasteiger partial charge in [-0.3, -0.25) is 14.2 Å². The molecule has 1 N–H and O–H groups in total. The number of carbonyl (C=O) groups is 1. The molecule has 0 fully saturated rings. The Bertz CT molecular complexity index is 965. The number of benzene rings is 1. The lowest BCUT2D eigenvalue weighted by molar-refractivity contribution is -0.119. The van der Waals surface area contributed by atoms with E-state index in [1.54, 1.807) is 10.9 Å². The van der Waals surface area contributed by atoms with Gasteiger partial charge in [-0.1, -0.05) is 30.7 Å². The van der Waals surface area contributed by atoms with Crippen LogP contribution in [0.2, 0.25) is 5.02 Å². The Balaban J connectivity index is 1.60. The summed E-state index contributed by atoms with van der Waals surface area (Å²) in [6, 6.07) is 7.63. The lowest BCUT2D eigenvalue weighted by atomic mass is 10.1. The Morgan fingerprint density at radius 1 is 1.37 bits per heavy atom. The zero-order chi connectivity index (χ0) is 19.6. The van der Waals surface area contributed by atoms with Crippen molar-refractivity contribution in [2.45, 2.75) is 33.9 Å². The van der Waals surface area contributed by atoms with Crippen LogP contribution in [-0.2, 0) is 17.9 Å². The van der Waals surface area contributed by atoms with E-state index in [9.17, 15) is 4.79 Å². The summed E-state index contributed by atoms with van der Waals surface area (Å²) >= 11 is 9.52. The summed E-state index contributed by atoms with van der Waals surface area (Å²) in [6.45, 7) is 6.91. The van der Waals surface area contributed by atoms with Gasteiger partial charge in [-0.25, -0.2) is 0 Å². The molecule has 0 saturated carbocycles. The minimum atomic E-state index is -0.230. The molecule has 6 nitrogen and oxygen atoms in total. The van der Waals surface area contributed by atoms with E-state index in [1.807, 2.05) is 55.9 Å². The van der Waals surface area contributed by atoms with E-state index < -0.39 is 0 Å². The van der Waals surface area contributed by atoms with Gasteiger partial charge >= 0.3 is 0 Å². The smallest absolute Gasteiger partial charge is 0.229 e. The minimum absolute atomic E-state index is 0.0685. The number of hydrogen-bond acceptors (Lipinski definition) is 3. The van der Waals surface area contributed by atoms with Crippen molar-refractivity contribution >= 4 is 39.1 Å². The summed E-state index contributed by atoms with van der Waals surface area (Å²) in [5.74, 6) is -0.299. The highest BCUT2D eigenvalue weighted by Gasteiger charge is 2.18. The van der Waals surface area contributed by atoms with Crippen LogP contribution in [0.5, 0.6) is 0 Å². The molecule has 8 heteroatoms. The summed E-state index contributed by atoms with van der Waals surface area (Å²) in [7, 11) is 0. The quantitative estimate of drug-likeness (QED) is 0.604. The van der Waals surface area contributed by atoms with Gasteiger partial charge in [0.05, 0.1) is 41.1 Å². The first kappa shape index (κ1) is 19.6. The van der Waals surface area contributed by atoms with Crippen LogP contribution in [0.15, 0.2) is 41.1 Å². The molecule has 0 aliphatic heterocycles. The minimum Gasteiger partial charge on any atom is -0.323 e. The van der Waals surface area contributed by atoms with Crippen LogP contribution < -0.4 is 5.32 Å². The molecule has 1 unspecified atom stereocenters. The molecule has 0 spiro atoms. The second-order valence-electron chi connectivity index (χ2n) is 6.61. The third-order valence-corrected chi connectivity index (χ3v) is 5.70. The van der Waals surface area contributed by atoms with E-state index in [0.29, 0.717) is 23.8 Å². The number of rotatable bonds is 6. The molecule has 1 atom stereocenters. The van der Waals surface area contributed by atoms with Crippen molar-refractivity contribution in [2.75, 3.05) is 5.32 Å². The SMILES string of the molecule is Cc1nn(CC(C)C(=O)Nc2cnn(Cc3cccc(Cl)c3)c2)c(C)c1Br. The summed E-state index contributed by atoms with van der Waals surface area (Å²) in [4.78, 5) is 12.5. The highest BCUT2D eigenvalue weighted by molar-refractivity contribution is 9.10. The van der Waals surface area contributed by atoms with E-state index in [-0.39, 0.29) is 11.8 Å². The highest BCUT2D eigenvalue weighted by Crippen LogP contribution is 2.21. The zero-order valence-electron chi connectivity index (χ0n) is 15.4. The predicted octanol–water partition coefficient (Wildman–Crippen LogP) is 4.44.